The topological polar surface area (TPSA) is 83.2 Å². The number of hydrogen-bond acceptors (Lipinski definition) is 6. The molecule has 0 spiro atoms. The number of nitrogens with zero attached hydrogens (tertiary/aromatic N) is 2. The second-order valence-electron chi connectivity index (χ2n) is 7.51. The molecule has 1 saturated heterocycles. The van der Waals surface area contributed by atoms with Crippen molar-refractivity contribution < 1.29 is 23.8 Å². The van der Waals surface area contributed by atoms with E-state index in [9.17, 15) is 14.7 Å². The summed E-state index contributed by atoms with van der Waals surface area (Å²) in [5.41, 5.74) is 0.427. The molecule has 0 bridgehead atoms. The van der Waals surface area contributed by atoms with Gasteiger partial charge in [-0.3, -0.25) is 9.59 Å². The van der Waals surface area contributed by atoms with Crippen molar-refractivity contribution in [3.8, 4) is 5.75 Å². The molecule has 7 heteroatoms. The largest absolute Gasteiger partial charge is 0.507 e. The van der Waals surface area contributed by atoms with E-state index in [-0.39, 0.29) is 17.4 Å². The molecule has 1 fully saturated rings. The second kappa shape index (κ2) is 8.53. The number of furan rings is 1. The lowest BCUT2D eigenvalue weighted by atomic mass is 9.99. The van der Waals surface area contributed by atoms with Crippen molar-refractivity contribution >= 4 is 17.4 Å². The molecule has 29 heavy (non-hydrogen) atoms. The van der Waals surface area contributed by atoms with Gasteiger partial charge in [0.25, 0.3) is 11.7 Å². The minimum absolute atomic E-state index is 0.0189. The Labute approximate surface area is 170 Å². The molecule has 1 atom stereocenters. The average Bonchev–Trinajstić information content (AvgIpc) is 3.27. The van der Waals surface area contributed by atoms with Crippen LogP contribution in [0.1, 0.15) is 31.2 Å². The Morgan fingerprint density at radius 1 is 1.24 bits per heavy atom. The first-order valence-electron chi connectivity index (χ1n) is 9.53. The Morgan fingerprint density at radius 3 is 2.62 bits per heavy atom. The zero-order chi connectivity index (χ0) is 21.1. The molecule has 2 aromatic rings. The van der Waals surface area contributed by atoms with Gasteiger partial charge in [0.05, 0.1) is 17.9 Å². The highest BCUT2D eigenvalue weighted by atomic mass is 16.5. The Kier molecular flexibility index (Phi) is 6.08. The molecule has 0 radical (unpaired) electrons. The van der Waals surface area contributed by atoms with Gasteiger partial charge in [-0.15, -0.1) is 0 Å². The van der Waals surface area contributed by atoms with E-state index >= 15 is 0 Å². The smallest absolute Gasteiger partial charge is 0.295 e. The highest BCUT2D eigenvalue weighted by molar-refractivity contribution is 6.46. The first kappa shape index (κ1) is 20.7. The Morgan fingerprint density at radius 2 is 2.00 bits per heavy atom. The number of aliphatic hydroxyl groups excluding tert-OH is 1. The predicted octanol–water partition coefficient (Wildman–Crippen LogP) is 3.05. The number of likely N-dealkylation sites (tertiary alicyclic amines) is 1. The van der Waals surface area contributed by atoms with Crippen LogP contribution < -0.4 is 4.74 Å². The van der Waals surface area contributed by atoms with E-state index in [1.807, 2.05) is 32.8 Å². The summed E-state index contributed by atoms with van der Waals surface area (Å²) in [4.78, 5) is 28.9. The van der Waals surface area contributed by atoms with Crippen LogP contribution in [0.3, 0.4) is 0 Å². The third-order valence-electron chi connectivity index (χ3n) is 4.62. The molecule has 1 amide bonds. The zero-order valence-electron chi connectivity index (χ0n) is 17.1. The van der Waals surface area contributed by atoms with Crippen LogP contribution in [0.25, 0.3) is 5.76 Å². The number of ketones is 1. The number of benzene rings is 1. The summed E-state index contributed by atoms with van der Waals surface area (Å²) in [6, 6.07) is 9.45. The van der Waals surface area contributed by atoms with Crippen molar-refractivity contribution in [1.29, 1.82) is 0 Å². The molecule has 1 aromatic carbocycles. The fraction of sp³-hybridized carbons (Fsp3) is 0.364. The van der Waals surface area contributed by atoms with Crippen LogP contribution in [-0.4, -0.2) is 59.9 Å². The summed E-state index contributed by atoms with van der Waals surface area (Å²) in [5, 5.41) is 11.0. The van der Waals surface area contributed by atoms with E-state index in [1.54, 1.807) is 36.4 Å². The number of hydrogen-bond donors (Lipinski definition) is 1. The summed E-state index contributed by atoms with van der Waals surface area (Å²) in [5.74, 6) is -0.618. The summed E-state index contributed by atoms with van der Waals surface area (Å²) in [6.07, 6.45) is 1.45. The number of rotatable bonds is 7. The van der Waals surface area contributed by atoms with Gasteiger partial charge in [0, 0.05) is 18.7 Å². The maximum Gasteiger partial charge on any atom is 0.295 e. The van der Waals surface area contributed by atoms with Gasteiger partial charge in [-0.25, -0.2) is 0 Å². The summed E-state index contributed by atoms with van der Waals surface area (Å²) in [7, 11) is 3.78. The molecule has 1 N–H and O–H groups in total. The average molecular weight is 398 g/mol. The van der Waals surface area contributed by atoms with Crippen molar-refractivity contribution in [2.45, 2.75) is 26.0 Å². The van der Waals surface area contributed by atoms with E-state index < -0.39 is 17.7 Å². The summed E-state index contributed by atoms with van der Waals surface area (Å²) in [6.45, 7) is 4.71. The molecule has 154 valence electrons. The normalized spacial score (nSPS) is 18.8. The Balaban J connectivity index is 2.07. The number of Topliss-reactive ketones (excluding diaryl/α,β-unsaturated/α-hetero) is 1. The minimum atomic E-state index is -0.778. The number of likely N-dealkylation sites (N-methyl/N-ethyl adjacent to an activating group) is 1. The first-order valence-corrected chi connectivity index (χ1v) is 9.53. The van der Waals surface area contributed by atoms with E-state index in [0.717, 1.165) is 0 Å². The molecule has 2 heterocycles. The quantitative estimate of drug-likeness (QED) is 0.438. The van der Waals surface area contributed by atoms with Crippen LogP contribution >= 0.6 is 0 Å². The molecule has 1 aliphatic heterocycles. The van der Waals surface area contributed by atoms with E-state index in [2.05, 4.69) is 0 Å². The number of carbonyl (C=O) groups is 2. The molecule has 0 saturated carbocycles. The van der Waals surface area contributed by atoms with Crippen molar-refractivity contribution in [2.24, 2.45) is 0 Å². The van der Waals surface area contributed by atoms with Crippen molar-refractivity contribution in [3.63, 3.8) is 0 Å². The lowest BCUT2D eigenvalue weighted by Crippen LogP contribution is -2.35. The zero-order valence-corrected chi connectivity index (χ0v) is 17.1. The van der Waals surface area contributed by atoms with Gasteiger partial charge in [-0.2, -0.15) is 0 Å². The van der Waals surface area contributed by atoms with Crippen LogP contribution in [0.15, 0.2) is 52.7 Å². The monoisotopic (exact) mass is 398 g/mol. The van der Waals surface area contributed by atoms with Gasteiger partial charge in [0.15, 0.2) is 0 Å². The third-order valence-corrected chi connectivity index (χ3v) is 4.62. The van der Waals surface area contributed by atoms with Crippen LogP contribution in [0.4, 0.5) is 0 Å². The maximum atomic E-state index is 12.8. The van der Waals surface area contributed by atoms with E-state index in [4.69, 9.17) is 9.15 Å². The standard InChI is InChI=1S/C22H26N2O5/c1-14(2)29-16-8-5-7-15(13-16)20(25)18-19(17-9-6-12-28-17)24(11-10-23(3)4)22(27)21(18)26/h5-9,12-14,19,25H,10-11H2,1-4H3/b20-18-. The van der Waals surface area contributed by atoms with Crippen molar-refractivity contribution in [2.75, 3.05) is 27.2 Å². The molecular formula is C22H26N2O5. The van der Waals surface area contributed by atoms with Crippen molar-refractivity contribution in [3.05, 3.63) is 59.6 Å². The molecular weight excluding hydrogens is 372 g/mol. The van der Waals surface area contributed by atoms with Crippen LogP contribution in [0, 0.1) is 0 Å². The maximum absolute atomic E-state index is 12.8. The Bertz CT molecular complexity index is 915. The van der Waals surface area contributed by atoms with Gasteiger partial charge in [-0.05, 0) is 52.2 Å². The molecule has 7 nitrogen and oxygen atoms in total. The minimum Gasteiger partial charge on any atom is -0.507 e. The van der Waals surface area contributed by atoms with Crippen LogP contribution in [-0.2, 0) is 9.59 Å². The van der Waals surface area contributed by atoms with Crippen molar-refractivity contribution in [1.82, 2.24) is 9.80 Å². The van der Waals surface area contributed by atoms with Gasteiger partial charge in [0.2, 0.25) is 0 Å². The van der Waals surface area contributed by atoms with E-state index in [0.29, 0.717) is 30.2 Å². The number of ether oxygens (including phenoxy) is 1. The summed E-state index contributed by atoms with van der Waals surface area (Å²) < 4.78 is 11.2. The second-order valence-corrected chi connectivity index (χ2v) is 7.51. The highest BCUT2D eigenvalue weighted by Crippen LogP contribution is 2.39. The van der Waals surface area contributed by atoms with Crippen LogP contribution in [0.5, 0.6) is 5.75 Å². The first-order chi connectivity index (χ1) is 13.8. The number of amides is 1. The highest BCUT2D eigenvalue weighted by Gasteiger charge is 2.47. The lowest BCUT2D eigenvalue weighted by Gasteiger charge is -2.24. The molecule has 1 aliphatic rings. The number of aliphatic hydroxyl groups is 1. The fourth-order valence-electron chi connectivity index (χ4n) is 3.31. The number of carbonyl (C=O) groups excluding carboxylic acids is 2. The van der Waals surface area contributed by atoms with Gasteiger partial charge in [0.1, 0.15) is 23.3 Å². The Hall–Kier alpha value is -3.06. The van der Waals surface area contributed by atoms with Gasteiger partial charge in [-0.1, -0.05) is 12.1 Å². The molecule has 1 aromatic heterocycles. The van der Waals surface area contributed by atoms with Gasteiger partial charge < -0.3 is 24.1 Å². The van der Waals surface area contributed by atoms with E-state index in [1.165, 1.54) is 11.2 Å². The SMILES string of the molecule is CC(C)Oc1cccc(/C(O)=C2/C(=O)C(=O)N(CCN(C)C)C2c2ccco2)c1. The fourth-order valence-corrected chi connectivity index (χ4v) is 3.31. The third kappa shape index (κ3) is 4.35. The molecule has 0 aliphatic carbocycles. The molecule has 1 unspecified atom stereocenters. The predicted molar refractivity (Wildman–Crippen MR) is 108 cm³/mol. The molecule has 3 rings (SSSR count). The van der Waals surface area contributed by atoms with Crippen LogP contribution in [0.2, 0.25) is 0 Å². The summed E-state index contributed by atoms with van der Waals surface area (Å²) >= 11 is 0. The van der Waals surface area contributed by atoms with Gasteiger partial charge >= 0.3 is 0 Å². The lowest BCUT2D eigenvalue weighted by molar-refractivity contribution is -0.140.